The van der Waals surface area contributed by atoms with Crippen LogP contribution in [0.15, 0.2) is 41.4 Å². The molecule has 0 spiro atoms. The Labute approximate surface area is 150 Å². The maximum Gasteiger partial charge on any atom is 0.134 e. The molecule has 1 unspecified atom stereocenters. The number of hydrogen-bond acceptors (Lipinski definition) is 2. The van der Waals surface area contributed by atoms with E-state index in [-0.39, 0.29) is 11.4 Å². The Balaban J connectivity index is 1.93. The lowest BCUT2D eigenvalue weighted by Crippen LogP contribution is -2.45. The van der Waals surface area contributed by atoms with Crippen LogP contribution in [-0.4, -0.2) is 18.8 Å². The highest BCUT2D eigenvalue weighted by molar-refractivity contribution is 5.84. The van der Waals surface area contributed by atoms with E-state index in [1.165, 1.54) is 11.1 Å². The summed E-state index contributed by atoms with van der Waals surface area (Å²) in [6.45, 7) is 8.76. The standard InChI is InChI=1S/C22H27FN2/c1-6-16-7-9-18(10-8-16)24-14-17-11-19-15(2)13-22(3,4)25(5)21(19)12-20(17)23/h7-12,14-15H,6,13H2,1-5H3. The van der Waals surface area contributed by atoms with Gasteiger partial charge in [0, 0.05) is 30.1 Å². The van der Waals surface area contributed by atoms with Crippen LogP contribution in [0.4, 0.5) is 15.8 Å². The van der Waals surface area contributed by atoms with Gasteiger partial charge in [0.25, 0.3) is 0 Å². The Morgan fingerprint density at radius 3 is 2.56 bits per heavy atom. The van der Waals surface area contributed by atoms with Gasteiger partial charge in [0.15, 0.2) is 0 Å². The van der Waals surface area contributed by atoms with E-state index in [2.05, 4.69) is 49.7 Å². The first kappa shape index (κ1) is 17.7. The van der Waals surface area contributed by atoms with Crippen molar-refractivity contribution >= 4 is 17.6 Å². The predicted octanol–water partition coefficient (Wildman–Crippen LogP) is 5.86. The molecule has 1 aliphatic heterocycles. The van der Waals surface area contributed by atoms with E-state index < -0.39 is 0 Å². The largest absolute Gasteiger partial charge is 0.369 e. The molecule has 2 nitrogen and oxygen atoms in total. The summed E-state index contributed by atoms with van der Waals surface area (Å²) in [6.07, 6.45) is 3.70. The van der Waals surface area contributed by atoms with E-state index in [1.807, 2.05) is 25.2 Å². The highest BCUT2D eigenvalue weighted by Crippen LogP contribution is 2.43. The zero-order chi connectivity index (χ0) is 18.2. The normalized spacial score (nSPS) is 19.3. The number of hydrogen-bond donors (Lipinski definition) is 0. The lowest BCUT2D eigenvalue weighted by molar-refractivity contribution is 0.394. The Bertz CT molecular complexity index is 790. The van der Waals surface area contributed by atoms with Crippen LogP contribution < -0.4 is 4.90 Å². The first-order valence-electron chi connectivity index (χ1n) is 9.02. The lowest BCUT2D eigenvalue weighted by Gasteiger charge is -2.45. The molecule has 0 aromatic heterocycles. The van der Waals surface area contributed by atoms with Crippen LogP contribution in [0.3, 0.4) is 0 Å². The van der Waals surface area contributed by atoms with Crippen LogP contribution in [0.5, 0.6) is 0 Å². The molecule has 0 fully saturated rings. The molecule has 0 saturated heterocycles. The zero-order valence-electron chi connectivity index (χ0n) is 15.8. The monoisotopic (exact) mass is 338 g/mol. The van der Waals surface area contributed by atoms with Crippen molar-refractivity contribution in [3.05, 3.63) is 58.9 Å². The van der Waals surface area contributed by atoms with Crippen molar-refractivity contribution in [2.24, 2.45) is 4.99 Å². The van der Waals surface area contributed by atoms with Gasteiger partial charge in [-0.1, -0.05) is 26.0 Å². The molecule has 0 saturated carbocycles. The van der Waals surface area contributed by atoms with E-state index in [0.717, 1.165) is 24.2 Å². The molecule has 3 rings (SSSR count). The average Bonchev–Trinajstić information content (AvgIpc) is 2.58. The van der Waals surface area contributed by atoms with Gasteiger partial charge >= 0.3 is 0 Å². The number of fused-ring (bicyclic) bond motifs is 1. The number of benzene rings is 2. The van der Waals surface area contributed by atoms with Crippen molar-refractivity contribution in [3.63, 3.8) is 0 Å². The fourth-order valence-electron chi connectivity index (χ4n) is 3.67. The van der Waals surface area contributed by atoms with E-state index in [9.17, 15) is 4.39 Å². The van der Waals surface area contributed by atoms with Gasteiger partial charge in [0.2, 0.25) is 0 Å². The highest BCUT2D eigenvalue weighted by atomic mass is 19.1. The van der Waals surface area contributed by atoms with E-state index in [1.54, 1.807) is 12.3 Å². The molecule has 132 valence electrons. The van der Waals surface area contributed by atoms with Crippen LogP contribution >= 0.6 is 0 Å². The Morgan fingerprint density at radius 1 is 1.24 bits per heavy atom. The number of rotatable bonds is 3. The molecule has 2 aromatic carbocycles. The minimum atomic E-state index is -0.218. The van der Waals surface area contributed by atoms with Gasteiger partial charge in [0.05, 0.1) is 5.69 Å². The Kier molecular flexibility index (Phi) is 4.68. The summed E-state index contributed by atoms with van der Waals surface area (Å²) >= 11 is 0. The van der Waals surface area contributed by atoms with Crippen molar-refractivity contribution in [2.45, 2.75) is 52.0 Å². The predicted molar refractivity (Wildman–Crippen MR) is 105 cm³/mol. The molecule has 0 amide bonds. The summed E-state index contributed by atoms with van der Waals surface area (Å²) in [7, 11) is 2.05. The number of aliphatic imine (C=N–C) groups is 1. The van der Waals surface area contributed by atoms with E-state index in [4.69, 9.17) is 0 Å². The second kappa shape index (κ2) is 6.62. The summed E-state index contributed by atoms with van der Waals surface area (Å²) in [5, 5.41) is 0. The number of halogens is 1. The van der Waals surface area contributed by atoms with Crippen molar-refractivity contribution in [3.8, 4) is 0 Å². The molecular formula is C22H27FN2. The first-order chi connectivity index (χ1) is 11.8. The second-order valence-electron chi connectivity index (χ2n) is 7.69. The number of aryl methyl sites for hydroxylation is 1. The minimum absolute atomic E-state index is 0.0372. The second-order valence-corrected chi connectivity index (χ2v) is 7.69. The summed E-state index contributed by atoms with van der Waals surface area (Å²) in [6, 6.07) is 11.7. The minimum Gasteiger partial charge on any atom is -0.369 e. The van der Waals surface area contributed by atoms with E-state index in [0.29, 0.717) is 11.5 Å². The van der Waals surface area contributed by atoms with Crippen molar-refractivity contribution in [1.29, 1.82) is 0 Å². The molecule has 0 aliphatic carbocycles. The topological polar surface area (TPSA) is 15.6 Å². The maximum atomic E-state index is 14.6. The molecule has 0 N–H and O–H groups in total. The number of nitrogens with zero attached hydrogens (tertiary/aromatic N) is 2. The summed E-state index contributed by atoms with van der Waals surface area (Å²) in [4.78, 5) is 6.65. The molecular weight excluding hydrogens is 311 g/mol. The van der Waals surface area contributed by atoms with Crippen LogP contribution in [0.25, 0.3) is 0 Å². The first-order valence-corrected chi connectivity index (χ1v) is 9.02. The van der Waals surface area contributed by atoms with Gasteiger partial charge in [-0.3, -0.25) is 4.99 Å². The van der Waals surface area contributed by atoms with Gasteiger partial charge in [-0.05, 0) is 68.0 Å². The van der Waals surface area contributed by atoms with Crippen LogP contribution in [-0.2, 0) is 6.42 Å². The summed E-state index contributed by atoms with van der Waals surface area (Å²) in [5.41, 5.74) is 4.91. The molecule has 1 atom stereocenters. The molecule has 1 heterocycles. The highest BCUT2D eigenvalue weighted by Gasteiger charge is 2.34. The Hall–Kier alpha value is -2.16. The molecule has 0 radical (unpaired) electrons. The molecule has 1 aliphatic rings. The molecule has 25 heavy (non-hydrogen) atoms. The SMILES string of the molecule is CCc1ccc(N=Cc2cc3c(cc2F)N(C)C(C)(C)CC3C)cc1. The van der Waals surface area contributed by atoms with Crippen molar-refractivity contribution < 1.29 is 4.39 Å². The summed E-state index contributed by atoms with van der Waals surface area (Å²) in [5.74, 6) is 0.183. The van der Waals surface area contributed by atoms with Crippen LogP contribution in [0.2, 0.25) is 0 Å². The van der Waals surface area contributed by atoms with Gasteiger partial charge in [0.1, 0.15) is 5.82 Å². The fraction of sp³-hybridized carbons (Fsp3) is 0.409. The van der Waals surface area contributed by atoms with Gasteiger partial charge in [-0.25, -0.2) is 4.39 Å². The van der Waals surface area contributed by atoms with Crippen LogP contribution in [0.1, 0.15) is 56.7 Å². The lowest BCUT2D eigenvalue weighted by atomic mass is 9.80. The quantitative estimate of drug-likeness (QED) is 0.640. The average molecular weight is 338 g/mol. The van der Waals surface area contributed by atoms with Gasteiger partial charge < -0.3 is 4.90 Å². The summed E-state index contributed by atoms with van der Waals surface area (Å²) < 4.78 is 14.6. The third kappa shape index (κ3) is 3.46. The van der Waals surface area contributed by atoms with E-state index >= 15 is 0 Å². The smallest absolute Gasteiger partial charge is 0.134 e. The van der Waals surface area contributed by atoms with Gasteiger partial charge in [-0.15, -0.1) is 0 Å². The molecule has 0 bridgehead atoms. The molecule has 2 aromatic rings. The third-order valence-electron chi connectivity index (χ3n) is 5.45. The Morgan fingerprint density at radius 2 is 1.92 bits per heavy atom. The zero-order valence-corrected chi connectivity index (χ0v) is 15.8. The van der Waals surface area contributed by atoms with Crippen molar-refractivity contribution in [1.82, 2.24) is 0 Å². The van der Waals surface area contributed by atoms with Gasteiger partial charge in [-0.2, -0.15) is 0 Å². The van der Waals surface area contributed by atoms with Crippen LogP contribution in [0, 0.1) is 5.82 Å². The maximum absolute atomic E-state index is 14.6. The fourth-order valence-corrected chi connectivity index (χ4v) is 3.67. The third-order valence-corrected chi connectivity index (χ3v) is 5.45. The number of anilines is 1. The van der Waals surface area contributed by atoms with Crippen molar-refractivity contribution in [2.75, 3.05) is 11.9 Å². The molecule has 3 heteroatoms.